The first-order valence-corrected chi connectivity index (χ1v) is 4.41. The van der Waals surface area contributed by atoms with E-state index in [1.165, 1.54) is 5.56 Å². The monoisotopic (exact) mass is 186 g/mol. The molecule has 1 rings (SSSR count). The van der Waals surface area contributed by atoms with Crippen LogP contribution in [-0.2, 0) is 11.2 Å². The Kier molecular flexibility index (Phi) is 8.41. The molecule has 0 aliphatic rings. The third-order valence-corrected chi connectivity index (χ3v) is 1.88. The molecule has 1 aromatic rings. The Morgan fingerprint density at radius 1 is 1.08 bits per heavy atom. The second-order valence-corrected chi connectivity index (χ2v) is 2.90. The summed E-state index contributed by atoms with van der Waals surface area (Å²) in [6.07, 6.45) is 4.91. The molecular weight excluding hydrogens is 171 g/mol. The van der Waals surface area contributed by atoms with E-state index in [1.54, 1.807) is 0 Å². The average Bonchev–Trinajstić information content (AvgIpc) is 2.14. The molecule has 0 amide bonds. The summed E-state index contributed by atoms with van der Waals surface area (Å²) in [6, 6.07) is 10.4. The van der Waals surface area contributed by atoms with Crippen molar-refractivity contribution in [1.29, 1.82) is 0 Å². The van der Waals surface area contributed by atoms with Crippen LogP contribution in [0.15, 0.2) is 30.3 Å². The molecule has 2 heteroatoms. The molecule has 0 radical (unpaired) electrons. The molecule has 0 aliphatic carbocycles. The molecule has 0 N–H and O–H groups in total. The first kappa shape index (κ1) is 12.9. The molecule has 0 saturated heterocycles. The van der Waals surface area contributed by atoms with Crippen molar-refractivity contribution in [1.82, 2.24) is 0 Å². The Hall–Kier alpha value is -0.110. The molecule has 0 fully saturated rings. The third kappa shape index (κ3) is 6.03. The SMILES string of the molecule is O=CCCCCc1ccccc1.[NaH]. The Morgan fingerprint density at radius 2 is 1.77 bits per heavy atom. The molecule has 0 aliphatic heterocycles. The first-order chi connectivity index (χ1) is 5.93. The van der Waals surface area contributed by atoms with E-state index in [0.717, 1.165) is 25.5 Å². The van der Waals surface area contributed by atoms with Crippen molar-refractivity contribution in [3.63, 3.8) is 0 Å². The van der Waals surface area contributed by atoms with E-state index in [1.807, 2.05) is 6.07 Å². The van der Waals surface area contributed by atoms with Crippen molar-refractivity contribution in [2.45, 2.75) is 25.7 Å². The maximum absolute atomic E-state index is 10.0. The van der Waals surface area contributed by atoms with Crippen molar-refractivity contribution in [2.24, 2.45) is 0 Å². The van der Waals surface area contributed by atoms with Gasteiger partial charge in [-0.3, -0.25) is 0 Å². The molecule has 1 nitrogen and oxygen atoms in total. The Bertz CT molecular complexity index is 221. The fraction of sp³-hybridized carbons (Fsp3) is 0.364. The Balaban J connectivity index is 0.00000144. The standard InChI is InChI=1S/C11H14O.Na.H/c12-10-6-2-5-9-11-7-3-1-4-8-11;;/h1,3-4,7-8,10H,2,5-6,9H2;;. The third-order valence-electron chi connectivity index (χ3n) is 1.88. The molecule has 0 atom stereocenters. The summed E-state index contributed by atoms with van der Waals surface area (Å²) in [7, 11) is 0. The van der Waals surface area contributed by atoms with Gasteiger partial charge >= 0.3 is 29.6 Å². The van der Waals surface area contributed by atoms with Crippen molar-refractivity contribution >= 4 is 35.8 Å². The molecular formula is C11H15NaO. The molecule has 0 unspecified atom stereocenters. The van der Waals surface area contributed by atoms with Gasteiger partial charge in [0.1, 0.15) is 6.29 Å². The van der Waals surface area contributed by atoms with E-state index in [4.69, 9.17) is 0 Å². The van der Waals surface area contributed by atoms with Crippen LogP contribution in [0.2, 0.25) is 0 Å². The summed E-state index contributed by atoms with van der Waals surface area (Å²) in [5.74, 6) is 0. The van der Waals surface area contributed by atoms with Crippen LogP contribution in [0.25, 0.3) is 0 Å². The topological polar surface area (TPSA) is 17.1 Å². The van der Waals surface area contributed by atoms with E-state index in [2.05, 4.69) is 24.3 Å². The van der Waals surface area contributed by atoms with E-state index in [9.17, 15) is 4.79 Å². The molecule has 0 bridgehead atoms. The van der Waals surface area contributed by atoms with Gasteiger partial charge in [-0.05, 0) is 24.8 Å². The molecule has 0 heterocycles. The van der Waals surface area contributed by atoms with Crippen LogP contribution in [0.4, 0.5) is 0 Å². The predicted octanol–water partition coefficient (Wildman–Crippen LogP) is 1.95. The molecule has 66 valence electrons. The van der Waals surface area contributed by atoms with Gasteiger partial charge in [0.25, 0.3) is 0 Å². The minimum absolute atomic E-state index is 0. The number of rotatable bonds is 5. The van der Waals surface area contributed by atoms with Gasteiger partial charge in [-0.2, -0.15) is 0 Å². The normalized spacial score (nSPS) is 8.92. The number of aldehydes is 1. The second-order valence-electron chi connectivity index (χ2n) is 2.90. The molecule has 0 saturated carbocycles. The predicted molar refractivity (Wildman–Crippen MR) is 57.2 cm³/mol. The van der Waals surface area contributed by atoms with Gasteiger partial charge in [-0.15, -0.1) is 0 Å². The van der Waals surface area contributed by atoms with Crippen molar-refractivity contribution < 1.29 is 4.79 Å². The molecule has 13 heavy (non-hydrogen) atoms. The number of benzene rings is 1. The molecule has 0 spiro atoms. The van der Waals surface area contributed by atoms with Gasteiger partial charge < -0.3 is 4.79 Å². The van der Waals surface area contributed by atoms with Gasteiger partial charge in [-0.25, -0.2) is 0 Å². The fourth-order valence-electron chi connectivity index (χ4n) is 1.20. The van der Waals surface area contributed by atoms with Crippen molar-refractivity contribution in [3.8, 4) is 0 Å². The zero-order valence-electron chi connectivity index (χ0n) is 7.20. The van der Waals surface area contributed by atoms with Gasteiger partial charge in [0.15, 0.2) is 0 Å². The van der Waals surface area contributed by atoms with Gasteiger partial charge in [-0.1, -0.05) is 30.3 Å². The Morgan fingerprint density at radius 3 is 2.38 bits per heavy atom. The van der Waals surface area contributed by atoms with E-state index >= 15 is 0 Å². The van der Waals surface area contributed by atoms with Crippen LogP contribution in [0, 0.1) is 0 Å². The summed E-state index contributed by atoms with van der Waals surface area (Å²) in [5, 5.41) is 0. The van der Waals surface area contributed by atoms with Crippen molar-refractivity contribution in [2.75, 3.05) is 0 Å². The quantitative estimate of drug-likeness (QED) is 0.390. The zero-order chi connectivity index (χ0) is 8.65. The Labute approximate surface area is 102 Å². The summed E-state index contributed by atoms with van der Waals surface area (Å²) in [4.78, 5) is 10.0. The summed E-state index contributed by atoms with van der Waals surface area (Å²) in [5.41, 5.74) is 1.36. The summed E-state index contributed by atoms with van der Waals surface area (Å²) >= 11 is 0. The zero-order valence-corrected chi connectivity index (χ0v) is 7.20. The first-order valence-electron chi connectivity index (χ1n) is 4.41. The van der Waals surface area contributed by atoms with Crippen LogP contribution in [0.3, 0.4) is 0 Å². The summed E-state index contributed by atoms with van der Waals surface area (Å²) in [6.45, 7) is 0. The number of carbonyl (C=O) groups is 1. The second kappa shape index (κ2) is 8.49. The molecule has 0 aromatic heterocycles. The summed E-state index contributed by atoms with van der Waals surface area (Å²) < 4.78 is 0. The number of hydrogen-bond donors (Lipinski definition) is 0. The van der Waals surface area contributed by atoms with Gasteiger partial charge in [0.05, 0.1) is 0 Å². The van der Waals surface area contributed by atoms with Crippen molar-refractivity contribution in [3.05, 3.63) is 35.9 Å². The van der Waals surface area contributed by atoms with Crippen LogP contribution in [0.1, 0.15) is 24.8 Å². The number of carbonyl (C=O) groups excluding carboxylic acids is 1. The van der Waals surface area contributed by atoms with E-state index in [0.29, 0.717) is 6.42 Å². The van der Waals surface area contributed by atoms with Crippen LogP contribution < -0.4 is 0 Å². The van der Waals surface area contributed by atoms with Gasteiger partial charge in [0, 0.05) is 6.42 Å². The van der Waals surface area contributed by atoms with E-state index in [-0.39, 0.29) is 29.6 Å². The maximum atomic E-state index is 10.0. The van der Waals surface area contributed by atoms with Crippen LogP contribution in [-0.4, -0.2) is 35.8 Å². The van der Waals surface area contributed by atoms with Gasteiger partial charge in [0.2, 0.25) is 0 Å². The number of aryl methyl sites for hydroxylation is 1. The van der Waals surface area contributed by atoms with Crippen LogP contribution >= 0.6 is 0 Å². The minimum atomic E-state index is 0. The number of unbranched alkanes of at least 4 members (excludes halogenated alkanes) is 2. The average molecular weight is 186 g/mol. The fourth-order valence-corrected chi connectivity index (χ4v) is 1.20. The number of hydrogen-bond acceptors (Lipinski definition) is 1. The molecule has 1 aromatic carbocycles. The van der Waals surface area contributed by atoms with E-state index < -0.39 is 0 Å². The van der Waals surface area contributed by atoms with Crippen LogP contribution in [0.5, 0.6) is 0 Å².